The lowest BCUT2D eigenvalue weighted by molar-refractivity contribution is 0.0260. The first-order valence-corrected chi connectivity index (χ1v) is 8.62. The first-order valence-electron chi connectivity index (χ1n) is 7.67. The van der Waals surface area contributed by atoms with Crippen molar-refractivity contribution in [1.82, 2.24) is 5.32 Å². The minimum absolute atomic E-state index is 0.361. The molecule has 0 saturated carbocycles. The molecule has 3 heteroatoms. The van der Waals surface area contributed by atoms with Crippen LogP contribution in [-0.2, 0) is 11.2 Å². The first kappa shape index (κ1) is 16.7. The van der Waals surface area contributed by atoms with Crippen molar-refractivity contribution in [2.45, 2.75) is 65.0 Å². The van der Waals surface area contributed by atoms with Crippen molar-refractivity contribution in [2.75, 3.05) is 13.2 Å². The summed E-state index contributed by atoms with van der Waals surface area (Å²) in [7, 11) is 0. The topological polar surface area (TPSA) is 21.3 Å². The van der Waals surface area contributed by atoms with Gasteiger partial charge in [0, 0.05) is 12.6 Å². The molecule has 0 radical (unpaired) electrons. The lowest BCUT2D eigenvalue weighted by Crippen LogP contribution is -2.42. The fourth-order valence-electron chi connectivity index (χ4n) is 2.41. The summed E-state index contributed by atoms with van der Waals surface area (Å²) in [5, 5.41) is 8.10. The van der Waals surface area contributed by atoms with Gasteiger partial charge in [0.2, 0.25) is 0 Å². The standard InChI is InChI=1S/C16H29NOS/c1-4-7-16(18-6-3)15(17-11-5-2)9-8-14-10-12-19-13-14/h10,12-13,15-17H,4-9,11H2,1-3H3. The zero-order chi connectivity index (χ0) is 13.9. The number of hydrogen-bond donors (Lipinski definition) is 1. The van der Waals surface area contributed by atoms with Gasteiger partial charge in [-0.3, -0.25) is 0 Å². The van der Waals surface area contributed by atoms with Gasteiger partial charge in [-0.15, -0.1) is 0 Å². The molecule has 1 aromatic rings. The van der Waals surface area contributed by atoms with E-state index in [-0.39, 0.29) is 0 Å². The Balaban J connectivity index is 2.51. The van der Waals surface area contributed by atoms with Gasteiger partial charge in [0.25, 0.3) is 0 Å². The minimum Gasteiger partial charge on any atom is -0.377 e. The highest BCUT2D eigenvalue weighted by Crippen LogP contribution is 2.15. The summed E-state index contributed by atoms with van der Waals surface area (Å²) in [6.45, 7) is 8.45. The summed E-state index contributed by atoms with van der Waals surface area (Å²) in [5.74, 6) is 0. The van der Waals surface area contributed by atoms with Crippen LogP contribution in [0.5, 0.6) is 0 Å². The van der Waals surface area contributed by atoms with Gasteiger partial charge in [-0.25, -0.2) is 0 Å². The molecule has 0 aromatic carbocycles. The summed E-state index contributed by atoms with van der Waals surface area (Å²) in [4.78, 5) is 0. The van der Waals surface area contributed by atoms with Crippen LogP contribution in [-0.4, -0.2) is 25.3 Å². The lowest BCUT2D eigenvalue weighted by atomic mass is 9.99. The van der Waals surface area contributed by atoms with Crippen LogP contribution in [0.2, 0.25) is 0 Å². The molecule has 19 heavy (non-hydrogen) atoms. The predicted molar refractivity (Wildman–Crippen MR) is 85.0 cm³/mol. The van der Waals surface area contributed by atoms with E-state index in [9.17, 15) is 0 Å². The average Bonchev–Trinajstić information content (AvgIpc) is 2.92. The van der Waals surface area contributed by atoms with Gasteiger partial charge in [0.1, 0.15) is 0 Å². The molecular weight excluding hydrogens is 254 g/mol. The van der Waals surface area contributed by atoms with E-state index < -0.39 is 0 Å². The molecular formula is C16H29NOS. The lowest BCUT2D eigenvalue weighted by Gasteiger charge is -2.28. The molecule has 2 nitrogen and oxygen atoms in total. The highest BCUT2D eigenvalue weighted by Gasteiger charge is 2.20. The van der Waals surface area contributed by atoms with E-state index in [0.29, 0.717) is 12.1 Å². The number of aryl methyl sites for hydroxylation is 1. The van der Waals surface area contributed by atoms with Crippen molar-refractivity contribution in [1.29, 1.82) is 0 Å². The van der Waals surface area contributed by atoms with Crippen LogP contribution in [0.1, 0.15) is 52.0 Å². The van der Waals surface area contributed by atoms with Crippen molar-refractivity contribution < 1.29 is 4.74 Å². The second kappa shape index (κ2) is 10.4. The highest BCUT2D eigenvalue weighted by molar-refractivity contribution is 7.07. The van der Waals surface area contributed by atoms with Crippen LogP contribution in [0.4, 0.5) is 0 Å². The van der Waals surface area contributed by atoms with Gasteiger partial charge in [-0.05, 0) is 61.5 Å². The van der Waals surface area contributed by atoms with Crippen molar-refractivity contribution in [3.63, 3.8) is 0 Å². The smallest absolute Gasteiger partial charge is 0.0727 e. The van der Waals surface area contributed by atoms with Crippen LogP contribution in [0, 0.1) is 0 Å². The SMILES string of the molecule is CCCNC(CCc1ccsc1)C(CCC)OCC. The van der Waals surface area contributed by atoms with E-state index >= 15 is 0 Å². The molecule has 0 amide bonds. The maximum Gasteiger partial charge on any atom is 0.0727 e. The number of thiophene rings is 1. The molecule has 0 bridgehead atoms. The van der Waals surface area contributed by atoms with Crippen LogP contribution in [0.15, 0.2) is 16.8 Å². The van der Waals surface area contributed by atoms with Crippen LogP contribution in [0.25, 0.3) is 0 Å². The van der Waals surface area contributed by atoms with Gasteiger partial charge in [-0.2, -0.15) is 11.3 Å². The number of nitrogens with one attached hydrogen (secondary N) is 1. The van der Waals surface area contributed by atoms with Gasteiger partial charge in [-0.1, -0.05) is 20.3 Å². The molecule has 110 valence electrons. The third-order valence-corrected chi connectivity index (χ3v) is 4.12. The molecule has 0 fully saturated rings. The van der Waals surface area contributed by atoms with E-state index in [1.165, 1.54) is 24.8 Å². The summed E-state index contributed by atoms with van der Waals surface area (Å²) < 4.78 is 5.95. The molecule has 2 atom stereocenters. The molecule has 1 rings (SSSR count). The minimum atomic E-state index is 0.361. The number of rotatable bonds is 11. The number of hydrogen-bond acceptors (Lipinski definition) is 3. The number of ether oxygens (including phenoxy) is 1. The average molecular weight is 283 g/mol. The first-order chi connectivity index (χ1) is 9.31. The zero-order valence-corrected chi connectivity index (χ0v) is 13.5. The third kappa shape index (κ3) is 6.55. The fraction of sp³-hybridized carbons (Fsp3) is 0.750. The summed E-state index contributed by atoms with van der Waals surface area (Å²) in [5.41, 5.74) is 1.46. The normalized spacial score (nSPS) is 14.5. The fourth-order valence-corrected chi connectivity index (χ4v) is 3.11. The quantitative estimate of drug-likeness (QED) is 0.655. The maximum absolute atomic E-state index is 5.95. The van der Waals surface area contributed by atoms with E-state index in [1.54, 1.807) is 11.3 Å². The van der Waals surface area contributed by atoms with Gasteiger partial charge >= 0.3 is 0 Å². The van der Waals surface area contributed by atoms with Gasteiger partial charge in [0.05, 0.1) is 6.10 Å². The Kier molecular flexibility index (Phi) is 9.14. The Labute approximate surface area is 122 Å². The molecule has 1 heterocycles. The van der Waals surface area contributed by atoms with Crippen LogP contribution >= 0.6 is 11.3 Å². The Morgan fingerprint density at radius 3 is 2.63 bits per heavy atom. The molecule has 2 unspecified atom stereocenters. The zero-order valence-electron chi connectivity index (χ0n) is 12.7. The molecule has 0 aliphatic heterocycles. The monoisotopic (exact) mass is 283 g/mol. The summed E-state index contributed by atoms with van der Waals surface area (Å²) >= 11 is 1.79. The van der Waals surface area contributed by atoms with Crippen LogP contribution < -0.4 is 5.32 Å². The second-order valence-electron chi connectivity index (χ2n) is 5.01. The van der Waals surface area contributed by atoms with E-state index in [4.69, 9.17) is 4.74 Å². The molecule has 0 spiro atoms. The molecule has 1 N–H and O–H groups in total. The Morgan fingerprint density at radius 1 is 1.21 bits per heavy atom. The molecule has 0 aliphatic carbocycles. The van der Waals surface area contributed by atoms with Gasteiger partial charge < -0.3 is 10.1 Å². The molecule has 0 aliphatic rings. The van der Waals surface area contributed by atoms with Crippen molar-refractivity contribution in [2.24, 2.45) is 0 Å². The molecule has 0 saturated heterocycles. The predicted octanol–water partition coefficient (Wildman–Crippen LogP) is 4.25. The van der Waals surface area contributed by atoms with E-state index in [1.807, 2.05) is 0 Å². The Morgan fingerprint density at radius 2 is 2.05 bits per heavy atom. The Hall–Kier alpha value is -0.380. The van der Waals surface area contributed by atoms with Crippen molar-refractivity contribution in [3.05, 3.63) is 22.4 Å². The summed E-state index contributed by atoms with van der Waals surface area (Å²) in [6.07, 6.45) is 6.20. The largest absolute Gasteiger partial charge is 0.377 e. The summed E-state index contributed by atoms with van der Waals surface area (Å²) in [6, 6.07) is 2.72. The Bertz CT molecular complexity index is 294. The van der Waals surface area contributed by atoms with Crippen LogP contribution in [0.3, 0.4) is 0 Å². The van der Waals surface area contributed by atoms with E-state index in [2.05, 4.69) is 42.9 Å². The second-order valence-corrected chi connectivity index (χ2v) is 5.79. The van der Waals surface area contributed by atoms with Crippen molar-refractivity contribution >= 4 is 11.3 Å². The maximum atomic E-state index is 5.95. The van der Waals surface area contributed by atoms with Crippen molar-refractivity contribution in [3.8, 4) is 0 Å². The third-order valence-electron chi connectivity index (χ3n) is 3.38. The molecule has 1 aromatic heterocycles. The highest BCUT2D eigenvalue weighted by atomic mass is 32.1. The van der Waals surface area contributed by atoms with E-state index in [0.717, 1.165) is 26.0 Å². The van der Waals surface area contributed by atoms with Gasteiger partial charge in [0.15, 0.2) is 0 Å².